The van der Waals surface area contributed by atoms with E-state index in [1.54, 1.807) is 32.4 Å². The molecule has 1 unspecified atom stereocenters. The van der Waals surface area contributed by atoms with Crippen LogP contribution in [0.4, 0.5) is 4.39 Å². The maximum absolute atomic E-state index is 12.9. The zero-order valence-corrected chi connectivity index (χ0v) is 16.7. The fourth-order valence-electron chi connectivity index (χ4n) is 3.24. The van der Waals surface area contributed by atoms with Gasteiger partial charge in [0.15, 0.2) is 18.5 Å². The molecular weight excluding hydrogens is 381 g/mol. The Kier molecular flexibility index (Phi) is 6.73. The van der Waals surface area contributed by atoms with E-state index in [9.17, 15) is 23.6 Å². The predicted octanol–water partition coefficient (Wildman–Crippen LogP) is 1.35. The lowest BCUT2D eigenvalue weighted by atomic mass is 10.0. The monoisotopic (exact) mass is 405 g/mol. The minimum absolute atomic E-state index is 0.360. The van der Waals surface area contributed by atoms with Gasteiger partial charge < -0.3 is 20.3 Å². The topological polar surface area (TPSA) is 118 Å². The molecule has 1 aromatic carbocycles. The van der Waals surface area contributed by atoms with Crippen molar-refractivity contribution in [2.75, 3.05) is 6.67 Å². The van der Waals surface area contributed by atoms with Crippen molar-refractivity contribution in [3.63, 3.8) is 0 Å². The highest BCUT2D eigenvalue weighted by Crippen LogP contribution is 2.24. The Morgan fingerprint density at radius 1 is 1.14 bits per heavy atom. The number of hydrogen-bond donors (Lipinski definition) is 3. The van der Waals surface area contributed by atoms with Crippen LogP contribution in [0.2, 0.25) is 0 Å². The number of carboxylic acid groups (broad SMARTS) is 1. The van der Waals surface area contributed by atoms with E-state index in [4.69, 9.17) is 5.11 Å². The van der Waals surface area contributed by atoms with Gasteiger partial charge in [0.1, 0.15) is 11.7 Å². The Bertz CT molecular complexity index is 927. The molecule has 0 radical (unpaired) electrons. The molecular formula is C20H24FN3O5. The summed E-state index contributed by atoms with van der Waals surface area (Å²) in [5.74, 6) is -4.75. The van der Waals surface area contributed by atoms with Crippen LogP contribution < -0.4 is 10.6 Å². The largest absolute Gasteiger partial charge is 0.479 e. The molecule has 0 aliphatic carbocycles. The number of Topliss-reactive ketones (excluding diaryl/α,β-unsaturated/α-hetero) is 1. The standard InChI is InChI=1S/C20H24FN3O5/c1-10(2)15(18(26)23-16(20(28)29)14(25)9-21)22-19(27)17-11(3)12-7-5-6-8-13(12)24(17)4/h5-8,10,15-16H,9H2,1-4H3,(H,22,27)(H,23,26)(H,28,29)/t15-,16?/m0/s1. The molecule has 0 fully saturated rings. The zero-order chi connectivity index (χ0) is 21.9. The number of carbonyl (C=O) groups is 4. The molecule has 3 N–H and O–H groups in total. The summed E-state index contributed by atoms with van der Waals surface area (Å²) in [4.78, 5) is 48.1. The van der Waals surface area contributed by atoms with E-state index in [1.165, 1.54) is 0 Å². The number of nitrogens with one attached hydrogen (secondary N) is 2. The fraction of sp³-hybridized carbons (Fsp3) is 0.400. The van der Waals surface area contributed by atoms with E-state index in [-0.39, 0.29) is 0 Å². The first-order valence-corrected chi connectivity index (χ1v) is 9.06. The second-order valence-corrected chi connectivity index (χ2v) is 7.12. The van der Waals surface area contributed by atoms with Gasteiger partial charge in [0.05, 0.1) is 0 Å². The number of nitrogens with zero attached hydrogens (tertiary/aromatic N) is 1. The average molecular weight is 405 g/mol. The van der Waals surface area contributed by atoms with E-state index in [0.29, 0.717) is 5.69 Å². The lowest BCUT2D eigenvalue weighted by Gasteiger charge is -2.23. The Hall–Kier alpha value is -3.23. The SMILES string of the molecule is Cc1c(C(=O)N[C@H](C(=O)NC(C(=O)O)C(=O)CF)C(C)C)n(C)c2ccccc12. The first kappa shape index (κ1) is 22.1. The van der Waals surface area contributed by atoms with E-state index >= 15 is 0 Å². The maximum atomic E-state index is 12.9. The van der Waals surface area contributed by atoms with Gasteiger partial charge in [-0.1, -0.05) is 32.0 Å². The molecule has 0 saturated carbocycles. The third kappa shape index (κ3) is 4.44. The number of aromatic nitrogens is 1. The summed E-state index contributed by atoms with van der Waals surface area (Å²) in [6, 6.07) is 4.33. The molecule has 0 spiro atoms. The first-order valence-electron chi connectivity index (χ1n) is 9.06. The molecule has 0 aliphatic rings. The third-order valence-corrected chi connectivity index (χ3v) is 4.80. The van der Waals surface area contributed by atoms with Crippen LogP contribution in [0.5, 0.6) is 0 Å². The van der Waals surface area contributed by atoms with Crippen LogP contribution in [0.15, 0.2) is 24.3 Å². The number of carboxylic acids is 1. The van der Waals surface area contributed by atoms with Gasteiger partial charge in [-0.25, -0.2) is 9.18 Å². The molecule has 2 atom stereocenters. The summed E-state index contributed by atoms with van der Waals surface area (Å²) in [6.45, 7) is 3.59. The summed E-state index contributed by atoms with van der Waals surface area (Å²) >= 11 is 0. The van der Waals surface area contributed by atoms with Crippen molar-refractivity contribution >= 4 is 34.5 Å². The van der Waals surface area contributed by atoms with Gasteiger partial charge in [0.25, 0.3) is 5.91 Å². The number of fused-ring (bicyclic) bond motifs is 1. The maximum Gasteiger partial charge on any atom is 0.334 e. The van der Waals surface area contributed by atoms with E-state index < -0.39 is 48.2 Å². The average Bonchev–Trinajstić information content (AvgIpc) is 2.93. The number of alkyl halides is 1. The molecule has 29 heavy (non-hydrogen) atoms. The van der Waals surface area contributed by atoms with Crippen LogP contribution in [-0.4, -0.2) is 52.0 Å². The third-order valence-electron chi connectivity index (χ3n) is 4.80. The summed E-state index contributed by atoms with van der Waals surface area (Å²) < 4.78 is 14.3. The lowest BCUT2D eigenvalue weighted by molar-refractivity contribution is -0.146. The number of para-hydroxylation sites is 1. The van der Waals surface area contributed by atoms with Gasteiger partial charge in [-0.3, -0.25) is 14.4 Å². The number of aryl methyl sites for hydroxylation is 2. The lowest BCUT2D eigenvalue weighted by Crippen LogP contribution is -2.56. The van der Waals surface area contributed by atoms with Crippen LogP contribution in [0.1, 0.15) is 29.9 Å². The Labute approximate surface area is 167 Å². The van der Waals surface area contributed by atoms with Gasteiger partial charge in [0.2, 0.25) is 5.91 Å². The second kappa shape index (κ2) is 8.85. The first-order chi connectivity index (χ1) is 13.6. The molecule has 2 amide bonds. The van der Waals surface area contributed by atoms with Gasteiger partial charge in [-0.05, 0) is 24.5 Å². The van der Waals surface area contributed by atoms with Gasteiger partial charge in [0, 0.05) is 18.0 Å². The van der Waals surface area contributed by atoms with Crippen molar-refractivity contribution in [3.8, 4) is 0 Å². The van der Waals surface area contributed by atoms with E-state index in [1.807, 2.05) is 29.6 Å². The predicted molar refractivity (Wildman–Crippen MR) is 104 cm³/mol. The number of benzene rings is 1. The molecule has 2 aromatic rings. The summed E-state index contributed by atoms with van der Waals surface area (Å²) in [7, 11) is 1.73. The van der Waals surface area contributed by atoms with Crippen molar-refractivity contribution in [3.05, 3.63) is 35.5 Å². The Balaban J connectivity index is 2.29. The number of carbonyl (C=O) groups excluding carboxylic acids is 3. The highest BCUT2D eigenvalue weighted by Gasteiger charge is 2.33. The van der Waals surface area contributed by atoms with Gasteiger partial charge >= 0.3 is 5.97 Å². The minimum Gasteiger partial charge on any atom is -0.479 e. The van der Waals surface area contributed by atoms with Crippen LogP contribution >= 0.6 is 0 Å². The number of hydrogen-bond acceptors (Lipinski definition) is 4. The van der Waals surface area contributed by atoms with E-state index in [0.717, 1.165) is 16.5 Å². The number of halogens is 1. The molecule has 0 bridgehead atoms. The normalized spacial score (nSPS) is 13.2. The summed E-state index contributed by atoms with van der Waals surface area (Å²) in [5, 5.41) is 14.6. The number of aliphatic carboxylic acids is 1. The van der Waals surface area contributed by atoms with Crippen LogP contribution in [0.25, 0.3) is 10.9 Å². The van der Waals surface area contributed by atoms with Crippen LogP contribution in [0, 0.1) is 12.8 Å². The molecule has 0 saturated heterocycles. The molecule has 0 aliphatic heterocycles. The molecule has 1 heterocycles. The number of ketones is 1. The smallest absolute Gasteiger partial charge is 0.334 e. The van der Waals surface area contributed by atoms with Gasteiger partial charge in [-0.2, -0.15) is 0 Å². The van der Waals surface area contributed by atoms with Crippen LogP contribution in [0.3, 0.4) is 0 Å². The van der Waals surface area contributed by atoms with Crippen LogP contribution in [-0.2, 0) is 21.4 Å². The summed E-state index contributed by atoms with van der Waals surface area (Å²) in [6.07, 6.45) is 0. The molecule has 1 aromatic heterocycles. The van der Waals surface area contributed by atoms with Crippen molar-refractivity contribution in [1.82, 2.24) is 15.2 Å². The Morgan fingerprint density at radius 3 is 2.28 bits per heavy atom. The second-order valence-electron chi connectivity index (χ2n) is 7.12. The molecule has 156 valence electrons. The molecule has 8 nitrogen and oxygen atoms in total. The van der Waals surface area contributed by atoms with Crippen molar-refractivity contribution < 1.29 is 28.7 Å². The number of amides is 2. The summed E-state index contributed by atoms with van der Waals surface area (Å²) in [5.41, 5.74) is 1.94. The zero-order valence-electron chi connectivity index (χ0n) is 16.7. The quantitative estimate of drug-likeness (QED) is 0.573. The molecule has 9 heteroatoms. The van der Waals surface area contributed by atoms with Gasteiger partial charge in [-0.15, -0.1) is 0 Å². The van der Waals surface area contributed by atoms with Crippen molar-refractivity contribution in [1.29, 1.82) is 0 Å². The molecule has 2 rings (SSSR count). The van der Waals surface area contributed by atoms with E-state index in [2.05, 4.69) is 5.32 Å². The minimum atomic E-state index is -2.01. The Morgan fingerprint density at radius 2 is 1.76 bits per heavy atom. The highest BCUT2D eigenvalue weighted by molar-refractivity contribution is 6.07. The number of rotatable bonds is 8. The van der Waals surface area contributed by atoms with Crippen molar-refractivity contribution in [2.45, 2.75) is 32.9 Å². The van der Waals surface area contributed by atoms with Crippen molar-refractivity contribution in [2.24, 2.45) is 13.0 Å². The fourth-order valence-corrected chi connectivity index (χ4v) is 3.24. The highest BCUT2D eigenvalue weighted by atomic mass is 19.1.